The quantitative estimate of drug-likeness (QED) is 0.875. The molecule has 2 heterocycles. The number of benzene rings is 1. The fourth-order valence-corrected chi connectivity index (χ4v) is 3.08. The minimum absolute atomic E-state index is 0.00341. The molecule has 5 nitrogen and oxygen atoms in total. The summed E-state index contributed by atoms with van der Waals surface area (Å²) in [5.74, 6) is 1.99. The first-order chi connectivity index (χ1) is 12.6. The molecule has 1 aromatic carbocycles. The summed E-state index contributed by atoms with van der Waals surface area (Å²) in [6.07, 6.45) is 3.10. The molecule has 1 N–H and O–H groups in total. The number of nitrogens with zero attached hydrogens (tertiary/aromatic N) is 3. The summed E-state index contributed by atoms with van der Waals surface area (Å²) < 4.78 is 0. The van der Waals surface area contributed by atoms with Crippen molar-refractivity contribution in [1.29, 1.82) is 0 Å². The predicted octanol–water partition coefficient (Wildman–Crippen LogP) is 4.23. The minimum Gasteiger partial charge on any atom is -0.367 e. The zero-order valence-electron chi connectivity index (χ0n) is 15.9. The second kappa shape index (κ2) is 8.30. The number of carbonyl (C=O) groups excluding carboxylic acids is 1. The molecule has 0 bridgehead atoms. The smallest absolute Gasteiger partial charge is 0.272 e. The Labute approximate surface area is 155 Å². The maximum Gasteiger partial charge on any atom is 0.272 e. The van der Waals surface area contributed by atoms with E-state index in [0.29, 0.717) is 23.3 Å². The lowest BCUT2D eigenvalue weighted by atomic mass is 9.99. The average Bonchev–Trinajstić information content (AvgIpc) is 2.68. The molecule has 1 fully saturated rings. The van der Waals surface area contributed by atoms with E-state index in [-0.39, 0.29) is 11.9 Å². The molecule has 0 radical (unpaired) electrons. The zero-order chi connectivity index (χ0) is 18.5. The van der Waals surface area contributed by atoms with Crippen LogP contribution in [-0.4, -0.2) is 39.9 Å². The van der Waals surface area contributed by atoms with E-state index < -0.39 is 0 Å². The number of nitrogens with one attached hydrogen (secondary N) is 1. The summed E-state index contributed by atoms with van der Waals surface area (Å²) in [5.41, 5.74) is 1.39. The summed E-state index contributed by atoms with van der Waals surface area (Å²) >= 11 is 0. The van der Waals surface area contributed by atoms with Crippen LogP contribution in [0.25, 0.3) is 11.4 Å². The van der Waals surface area contributed by atoms with Gasteiger partial charge in [-0.25, -0.2) is 9.97 Å². The van der Waals surface area contributed by atoms with E-state index in [4.69, 9.17) is 0 Å². The largest absolute Gasteiger partial charge is 0.367 e. The zero-order valence-corrected chi connectivity index (χ0v) is 15.9. The van der Waals surface area contributed by atoms with Gasteiger partial charge in [0.15, 0.2) is 5.82 Å². The highest BCUT2D eigenvalue weighted by atomic mass is 16.2. The number of piperidine rings is 1. The van der Waals surface area contributed by atoms with Crippen molar-refractivity contribution in [3.05, 3.63) is 42.1 Å². The van der Waals surface area contributed by atoms with Gasteiger partial charge in [-0.1, -0.05) is 44.2 Å². The number of rotatable bonds is 5. The summed E-state index contributed by atoms with van der Waals surface area (Å²) in [5, 5.41) is 3.39. The van der Waals surface area contributed by atoms with Gasteiger partial charge in [0.1, 0.15) is 11.5 Å². The molecule has 138 valence electrons. The molecule has 5 heteroatoms. The predicted molar refractivity (Wildman–Crippen MR) is 105 cm³/mol. The van der Waals surface area contributed by atoms with Crippen molar-refractivity contribution in [2.24, 2.45) is 5.92 Å². The van der Waals surface area contributed by atoms with Crippen LogP contribution in [0, 0.1) is 5.92 Å². The number of amides is 1. The molecule has 0 saturated carbocycles. The highest BCUT2D eigenvalue weighted by Gasteiger charge is 2.23. The molecule has 26 heavy (non-hydrogen) atoms. The van der Waals surface area contributed by atoms with Crippen LogP contribution in [-0.2, 0) is 0 Å². The Bertz CT molecular complexity index is 739. The van der Waals surface area contributed by atoms with Gasteiger partial charge >= 0.3 is 0 Å². The van der Waals surface area contributed by atoms with Crippen molar-refractivity contribution >= 4 is 11.7 Å². The fraction of sp³-hybridized carbons (Fsp3) is 0.476. The Morgan fingerprint density at radius 2 is 1.92 bits per heavy atom. The van der Waals surface area contributed by atoms with Crippen molar-refractivity contribution in [3.8, 4) is 11.4 Å². The Hall–Kier alpha value is -2.43. The van der Waals surface area contributed by atoms with Crippen molar-refractivity contribution in [3.63, 3.8) is 0 Å². The number of hydrogen-bond donors (Lipinski definition) is 1. The first-order valence-electron chi connectivity index (χ1n) is 9.57. The van der Waals surface area contributed by atoms with E-state index in [1.165, 1.54) is 0 Å². The lowest BCUT2D eigenvalue weighted by Gasteiger charge is -2.30. The van der Waals surface area contributed by atoms with Crippen molar-refractivity contribution in [1.82, 2.24) is 14.9 Å². The molecule has 1 amide bonds. The fourth-order valence-electron chi connectivity index (χ4n) is 3.08. The van der Waals surface area contributed by atoms with Gasteiger partial charge in [-0.3, -0.25) is 4.79 Å². The molecule has 1 aliphatic rings. The first kappa shape index (κ1) is 18.4. The average molecular weight is 352 g/mol. The van der Waals surface area contributed by atoms with Crippen LogP contribution in [0.2, 0.25) is 0 Å². The van der Waals surface area contributed by atoms with E-state index in [1.54, 1.807) is 6.07 Å². The highest BCUT2D eigenvalue weighted by molar-refractivity contribution is 5.93. The summed E-state index contributed by atoms with van der Waals surface area (Å²) in [7, 11) is 0. The summed E-state index contributed by atoms with van der Waals surface area (Å²) in [6, 6.07) is 11.9. The SMILES string of the molecule is CCC(C)Nc1cc(C(=O)N2CCC(C)CC2)nc(-c2ccccc2)n1. The molecular formula is C21H28N4O. The Kier molecular flexibility index (Phi) is 5.86. The molecule has 3 rings (SSSR count). The second-order valence-corrected chi connectivity index (χ2v) is 7.26. The topological polar surface area (TPSA) is 58.1 Å². The second-order valence-electron chi connectivity index (χ2n) is 7.26. The van der Waals surface area contributed by atoms with Gasteiger partial charge in [0, 0.05) is 30.8 Å². The number of aromatic nitrogens is 2. The van der Waals surface area contributed by atoms with Crippen molar-refractivity contribution in [2.75, 3.05) is 18.4 Å². The van der Waals surface area contributed by atoms with Crippen molar-refractivity contribution in [2.45, 2.75) is 46.1 Å². The van der Waals surface area contributed by atoms with Gasteiger partial charge < -0.3 is 10.2 Å². The van der Waals surface area contributed by atoms with E-state index >= 15 is 0 Å². The number of likely N-dealkylation sites (tertiary alicyclic amines) is 1. The van der Waals surface area contributed by atoms with Gasteiger partial charge in [0.05, 0.1) is 0 Å². The maximum absolute atomic E-state index is 13.0. The minimum atomic E-state index is 0.00341. The highest BCUT2D eigenvalue weighted by Crippen LogP contribution is 2.22. The third-order valence-electron chi connectivity index (χ3n) is 5.05. The molecule has 0 aliphatic carbocycles. The van der Waals surface area contributed by atoms with Gasteiger partial charge in [0.25, 0.3) is 5.91 Å². The summed E-state index contributed by atoms with van der Waals surface area (Å²) in [4.78, 5) is 24.2. The van der Waals surface area contributed by atoms with Crippen LogP contribution in [0.15, 0.2) is 36.4 Å². The van der Waals surface area contributed by atoms with Crippen LogP contribution in [0.3, 0.4) is 0 Å². The van der Waals surface area contributed by atoms with E-state index in [2.05, 4.69) is 36.1 Å². The molecule has 1 aliphatic heterocycles. The Morgan fingerprint density at radius 1 is 1.23 bits per heavy atom. The van der Waals surface area contributed by atoms with E-state index in [1.807, 2.05) is 35.2 Å². The van der Waals surface area contributed by atoms with Crippen LogP contribution < -0.4 is 5.32 Å². The van der Waals surface area contributed by atoms with Gasteiger partial charge in [-0.15, -0.1) is 0 Å². The van der Waals surface area contributed by atoms with Crippen LogP contribution in [0.4, 0.5) is 5.82 Å². The number of anilines is 1. The molecule has 1 aromatic heterocycles. The van der Waals surface area contributed by atoms with Crippen LogP contribution >= 0.6 is 0 Å². The molecule has 0 spiro atoms. The molecule has 1 saturated heterocycles. The maximum atomic E-state index is 13.0. The Morgan fingerprint density at radius 3 is 2.58 bits per heavy atom. The molecule has 2 aromatic rings. The van der Waals surface area contributed by atoms with E-state index in [9.17, 15) is 4.79 Å². The Balaban J connectivity index is 1.92. The van der Waals surface area contributed by atoms with Gasteiger partial charge in [-0.05, 0) is 32.1 Å². The summed E-state index contributed by atoms with van der Waals surface area (Å²) in [6.45, 7) is 8.08. The standard InChI is InChI=1S/C21H28N4O/c1-4-16(3)22-19-14-18(21(26)25-12-10-15(2)11-13-25)23-20(24-19)17-8-6-5-7-9-17/h5-9,14-16H,4,10-13H2,1-3H3,(H,22,23,24). The van der Waals surface area contributed by atoms with E-state index in [0.717, 1.165) is 37.9 Å². The normalized spacial score (nSPS) is 16.3. The van der Waals surface area contributed by atoms with Crippen LogP contribution in [0.1, 0.15) is 50.5 Å². The van der Waals surface area contributed by atoms with Crippen LogP contribution in [0.5, 0.6) is 0 Å². The third-order valence-corrected chi connectivity index (χ3v) is 5.05. The lowest BCUT2D eigenvalue weighted by Crippen LogP contribution is -2.38. The lowest BCUT2D eigenvalue weighted by molar-refractivity contribution is 0.0691. The number of hydrogen-bond acceptors (Lipinski definition) is 4. The molecule has 1 atom stereocenters. The van der Waals surface area contributed by atoms with Crippen molar-refractivity contribution < 1.29 is 4.79 Å². The number of carbonyl (C=O) groups is 1. The third kappa shape index (κ3) is 4.40. The molecular weight excluding hydrogens is 324 g/mol. The molecule has 1 unspecified atom stereocenters. The van der Waals surface area contributed by atoms with Gasteiger partial charge in [-0.2, -0.15) is 0 Å². The van der Waals surface area contributed by atoms with Gasteiger partial charge in [0.2, 0.25) is 0 Å². The first-order valence-corrected chi connectivity index (χ1v) is 9.57. The monoisotopic (exact) mass is 352 g/mol.